The van der Waals surface area contributed by atoms with Gasteiger partial charge >= 0.3 is 5.97 Å². The molecule has 0 amide bonds. The van der Waals surface area contributed by atoms with Crippen molar-refractivity contribution < 1.29 is 27.4 Å². The standard InChI is InChI=1S/C16H21NO6S/c1-10-5-7-11(8-6-10)24(19,20)17-9-12-14(13(17)15(18)21-4)23-16(2,3)22-12/h5-8,12-14H,9H2,1-4H3. The minimum Gasteiger partial charge on any atom is -0.468 e. The molecule has 0 spiro atoms. The van der Waals surface area contributed by atoms with Gasteiger partial charge in [0, 0.05) is 6.54 Å². The minimum atomic E-state index is -3.87. The Kier molecular flexibility index (Phi) is 4.19. The van der Waals surface area contributed by atoms with Crippen molar-refractivity contribution in [2.75, 3.05) is 13.7 Å². The van der Waals surface area contributed by atoms with Gasteiger partial charge in [0.1, 0.15) is 12.2 Å². The number of methoxy groups -OCH3 is 1. The van der Waals surface area contributed by atoms with E-state index in [1.807, 2.05) is 6.92 Å². The first kappa shape index (κ1) is 17.3. The van der Waals surface area contributed by atoms with Crippen molar-refractivity contribution in [3.8, 4) is 0 Å². The molecule has 132 valence electrons. The molecule has 2 fully saturated rings. The second-order valence-electron chi connectivity index (χ2n) is 6.49. The number of sulfonamides is 1. The number of hydrogen-bond acceptors (Lipinski definition) is 6. The summed E-state index contributed by atoms with van der Waals surface area (Å²) in [5.41, 5.74) is 0.949. The van der Waals surface area contributed by atoms with Gasteiger partial charge < -0.3 is 14.2 Å². The zero-order chi connectivity index (χ0) is 17.7. The Hall–Kier alpha value is -1.48. The number of aryl methyl sites for hydroxylation is 1. The van der Waals surface area contributed by atoms with Crippen LogP contribution in [0.25, 0.3) is 0 Å². The summed E-state index contributed by atoms with van der Waals surface area (Å²) in [7, 11) is -2.64. The second-order valence-corrected chi connectivity index (χ2v) is 8.38. The summed E-state index contributed by atoms with van der Waals surface area (Å²) in [6.45, 7) is 5.39. The number of nitrogens with zero attached hydrogens (tertiary/aromatic N) is 1. The first-order valence-electron chi connectivity index (χ1n) is 7.68. The zero-order valence-electron chi connectivity index (χ0n) is 14.1. The van der Waals surface area contributed by atoms with Crippen LogP contribution in [0.3, 0.4) is 0 Å². The van der Waals surface area contributed by atoms with E-state index in [1.165, 1.54) is 19.2 Å². The monoisotopic (exact) mass is 355 g/mol. The van der Waals surface area contributed by atoms with Gasteiger partial charge in [-0.2, -0.15) is 4.31 Å². The van der Waals surface area contributed by atoms with E-state index in [-0.39, 0.29) is 11.4 Å². The van der Waals surface area contributed by atoms with Crippen molar-refractivity contribution in [1.82, 2.24) is 4.31 Å². The lowest BCUT2D eigenvalue weighted by Crippen LogP contribution is -2.47. The fraction of sp³-hybridized carbons (Fsp3) is 0.562. The summed E-state index contributed by atoms with van der Waals surface area (Å²) in [6.07, 6.45) is -1.20. The molecule has 2 aliphatic heterocycles. The van der Waals surface area contributed by atoms with E-state index in [2.05, 4.69) is 0 Å². The van der Waals surface area contributed by atoms with Crippen molar-refractivity contribution in [3.05, 3.63) is 29.8 Å². The molecule has 3 atom stereocenters. The minimum absolute atomic E-state index is 0.0457. The summed E-state index contributed by atoms with van der Waals surface area (Å²) in [6, 6.07) is 5.42. The van der Waals surface area contributed by atoms with Crippen LogP contribution in [0, 0.1) is 6.92 Å². The van der Waals surface area contributed by atoms with Crippen LogP contribution in [-0.4, -0.2) is 56.4 Å². The maximum atomic E-state index is 13.0. The SMILES string of the molecule is COC(=O)C1C2OC(C)(C)OC2CN1S(=O)(=O)c1ccc(C)cc1. The molecular weight excluding hydrogens is 334 g/mol. The second kappa shape index (κ2) is 5.80. The third-order valence-corrected chi connectivity index (χ3v) is 6.13. The van der Waals surface area contributed by atoms with Gasteiger partial charge in [-0.25, -0.2) is 8.42 Å². The molecule has 1 aromatic carbocycles. The summed E-state index contributed by atoms with van der Waals surface area (Å²) in [5.74, 6) is -1.51. The van der Waals surface area contributed by atoms with Crippen molar-refractivity contribution in [2.45, 2.75) is 49.7 Å². The molecule has 0 aliphatic carbocycles. The Labute approximate surface area is 141 Å². The number of hydrogen-bond donors (Lipinski definition) is 0. The average molecular weight is 355 g/mol. The van der Waals surface area contributed by atoms with E-state index in [4.69, 9.17) is 14.2 Å². The average Bonchev–Trinajstić information content (AvgIpc) is 2.99. The maximum Gasteiger partial charge on any atom is 0.327 e. The molecule has 0 N–H and O–H groups in total. The highest BCUT2D eigenvalue weighted by molar-refractivity contribution is 7.89. The van der Waals surface area contributed by atoms with E-state index in [1.54, 1.807) is 26.0 Å². The first-order chi connectivity index (χ1) is 11.2. The molecular formula is C16H21NO6S. The topological polar surface area (TPSA) is 82.1 Å². The highest BCUT2D eigenvalue weighted by atomic mass is 32.2. The van der Waals surface area contributed by atoms with Crippen LogP contribution in [0.15, 0.2) is 29.2 Å². The first-order valence-corrected chi connectivity index (χ1v) is 9.12. The van der Waals surface area contributed by atoms with E-state index >= 15 is 0 Å². The molecule has 0 aromatic heterocycles. The fourth-order valence-electron chi connectivity index (χ4n) is 3.19. The van der Waals surface area contributed by atoms with Crippen LogP contribution in [-0.2, 0) is 29.0 Å². The van der Waals surface area contributed by atoms with Crippen LogP contribution < -0.4 is 0 Å². The normalized spacial score (nSPS) is 29.4. The number of fused-ring (bicyclic) bond motifs is 1. The molecule has 2 heterocycles. The highest BCUT2D eigenvalue weighted by Crippen LogP contribution is 2.39. The summed E-state index contributed by atoms with van der Waals surface area (Å²) in [4.78, 5) is 12.4. The lowest BCUT2D eigenvalue weighted by atomic mass is 10.1. The van der Waals surface area contributed by atoms with Gasteiger partial charge in [-0.05, 0) is 32.9 Å². The molecule has 8 heteroatoms. The number of rotatable bonds is 3. The molecule has 24 heavy (non-hydrogen) atoms. The third-order valence-electron chi connectivity index (χ3n) is 4.27. The van der Waals surface area contributed by atoms with Crippen LogP contribution in [0.4, 0.5) is 0 Å². The van der Waals surface area contributed by atoms with Gasteiger partial charge in [0.05, 0.1) is 12.0 Å². The van der Waals surface area contributed by atoms with E-state index in [0.29, 0.717) is 0 Å². The number of esters is 1. The highest BCUT2D eigenvalue weighted by Gasteiger charge is 2.58. The number of benzene rings is 1. The van der Waals surface area contributed by atoms with Gasteiger partial charge in [0.2, 0.25) is 10.0 Å². The summed E-state index contributed by atoms with van der Waals surface area (Å²) in [5, 5.41) is 0. The van der Waals surface area contributed by atoms with Gasteiger partial charge in [0.15, 0.2) is 11.8 Å². The molecule has 3 rings (SSSR count). The van der Waals surface area contributed by atoms with Crippen molar-refractivity contribution >= 4 is 16.0 Å². The quantitative estimate of drug-likeness (QED) is 0.754. The van der Waals surface area contributed by atoms with E-state index < -0.39 is 40.0 Å². The van der Waals surface area contributed by atoms with E-state index in [9.17, 15) is 13.2 Å². The Morgan fingerprint density at radius 1 is 1.25 bits per heavy atom. The predicted molar refractivity (Wildman–Crippen MR) is 84.7 cm³/mol. The molecule has 2 saturated heterocycles. The molecule has 2 aliphatic rings. The van der Waals surface area contributed by atoms with Crippen LogP contribution in [0.5, 0.6) is 0 Å². The summed E-state index contributed by atoms with van der Waals surface area (Å²) >= 11 is 0. The number of carbonyl (C=O) groups is 1. The van der Waals surface area contributed by atoms with Crippen LogP contribution >= 0.6 is 0 Å². The van der Waals surface area contributed by atoms with Crippen LogP contribution in [0.2, 0.25) is 0 Å². The smallest absolute Gasteiger partial charge is 0.327 e. The van der Waals surface area contributed by atoms with Gasteiger partial charge in [-0.15, -0.1) is 0 Å². The van der Waals surface area contributed by atoms with Gasteiger partial charge in [0.25, 0.3) is 0 Å². The van der Waals surface area contributed by atoms with Crippen molar-refractivity contribution in [3.63, 3.8) is 0 Å². The Balaban J connectivity index is 1.98. The molecule has 0 radical (unpaired) electrons. The fourth-order valence-corrected chi connectivity index (χ4v) is 4.79. The van der Waals surface area contributed by atoms with E-state index in [0.717, 1.165) is 9.87 Å². The third kappa shape index (κ3) is 2.83. The number of ether oxygens (including phenoxy) is 3. The summed E-state index contributed by atoms with van der Waals surface area (Å²) < 4.78 is 43.4. The van der Waals surface area contributed by atoms with Gasteiger partial charge in [-0.1, -0.05) is 17.7 Å². The molecule has 7 nitrogen and oxygen atoms in total. The van der Waals surface area contributed by atoms with Crippen LogP contribution in [0.1, 0.15) is 19.4 Å². The van der Waals surface area contributed by atoms with Crippen molar-refractivity contribution in [2.24, 2.45) is 0 Å². The lowest BCUT2D eigenvalue weighted by Gasteiger charge is -2.27. The molecule has 0 saturated carbocycles. The Morgan fingerprint density at radius 2 is 1.88 bits per heavy atom. The maximum absolute atomic E-state index is 13.0. The zero-order valence-corrected chi connectivity index (χ0v) is 14.9. The Bertz CT molecular complexity index is 742. The molecule has 1 aromatic rings. The lowest BCUT2D eigenvalue weighted by molar-refractivity contribution is -0.167. The number of carbonyl (C=O) groups excluding carboxylic acids is 1. The largest absolute Gasteiger partial charge is 0.468 e. The van der Waals surface area contributed by atoms with Crippen molar-refractivity contribution in [1.29, 1.82) is 0 Å². The molecule has 3 unspecified atom stereocenters. The predicted octanol–water partition coefficient (Wildman–Crippen LogP) is 1.06. The molecule has 0 bridgehead atoms. The Morgan fingerprint density at radius 3 is 2.46 bits per heavy atom. The van der Waals surface area contributed by atoms with Gasteiger partial charge in [-0.3, -0.25) is 4.79 Å².